The number of halogens is 2. The molecule has 19 heavy (non-hydrogen) atoms. The number of nitrogens with zero attached hydrogens (tertiary/aromatic N) is 1. The van der Waals surface area contributed by atoms with E-state index in [2.05, 4.69) is 0 Å². The van der Waals surface area contributed by atoms with Crippen LogP contribution in [0.2, 0.25) is 10.0 Å². The van der Waals surface area contributed by atoms with Crippen LogP contribution in [0.25, 0.3) is 0 Å². The smallest absolute Gasteiger partial charge is 0.231 e. The van der Waals surface area contributed by atoms with Crippen molar-refractivity contribution in [1.82, 2.24) is 4.90 Å². The van der Waals surface area contributed by atoms with E-state index in [1.54, 1.807) is 0 Å². The van der Waals surface area contributed by atoms with Gasteiger partial charge in [0.05, 0.1) is 18.1 Å². The second kappa shape index (κ2) is 6.60. The molecule has 0 saturated heterocycles. The monoisotopic (exact) mass is 305 g/mol. The van der Waals surface area contributed by atoms with Crippen LogP contribution < -0.4 is 11.5 Å². The molecule has 8 heteroatoms. The van der Waals surface area contributed by atoms with Gasteiger partial charge in [0.15, 0.2) is 0 Å². The number of benzene rings is 1. The maximum absolute atomic E-state index is 10.9. The Bertz CT molecular complexity index is 492. The van der Waals surface area contributed by atoms with Crippen molar-refractivity contribution in [2.24, 2.45) is 11.5 Å². The van der Waals surface area contributed by atoms with E-state index in [9.17, 15) is 14.7 Å². The summed E-state index contributed by atoms with van der Waals surface area (Å²) in [5, 5.41) is 10.2. The number of hydrogen-bond acceptors (Lipinski definition) is 4. The number of primary amides is 2. The number of phenolic OH excluding ortho intramolecular Hbond substituents is 1. The maximum Gasteiger partial charge on any atom is 0.231 e. The first-order valence-electron chi connectivity index (χ1n) is 5.25. The van der Waals surface area contributed by atoms with Crippen molar-refractivity contribution in [3.8, 4) is 5.75 Å². The van der Waals surface area contributed by atoms with E-state index >= 15 is 0 Å². The Balaban J connectivity index is 2.95. The van der Waals surface area contributed by atoms with Crippen molar-refractivity contribution < 1.29 is 14.7 Å². The summed E-state index contributed by atoms with van der Waals surface area (Å²) in [5.41, 5.74) is 10.5. The van der Waals surface area contributed by atoms with Crippen LogP contribution in [0.3, 0.4) is 0 Å². The quantitative estimate of drug-likeness (QED) is 0.709. The second-order valence-electron chi connectivity index (χ2n) is 3.97. The highest BCUT2D eigenvalue weighted by Crippen LogP contribution is 2.31. The predicted octanol–water partition coefficient (Wildman–Crippen LogP) is 0.472. The lowest BCUT2D eigenvalue weighted by Crippen LogP contribution is -2.39. The summed E-state index contributed by atoms with van der Waals surface area (Å²) in [6.07, 6.45) is 0. The van der Waals surface area contributed by atoms with Gasteiger partial charge < -0.3 is 16.6 Å². The first-order valence-corrected chi connectivity index (χ1v) is 6.01. The molecular weight excluding hydrogens is 293 g/mol. The lowest BCUT2D eigenvalue weighted by atomic mass is 10.2. The number of carbonyl (C=O) groups excluding carboxylic acids is 2. The summed E-state index contributed by atoms with van der Waals surface area (Å²) < 4.78 is 0. The normalized spacial score (nSPS) is 10.7. The van der Waals surface area contributed by atoms with Crippen molar-refractivity contribution in [3.63, 3.8) is 0 Å². The minimum atomic E-state index is -0.617. The molecule has 0 radical (unpaired) electrons. The summed E-state index contributed by atoms with van der Waals surface area (Å²) in [7, 11) is 0. The van der Waals surface area contributed by atoms with Crippen molar-refractivity contribution in [2.45, 2.75) is 6.54 Å². The van der Waals surface area contributed by atoms with Gasteiger partial charge >= 0.3 is 0 Å². The fraction of sp³-hybridized carbons (Fsp3) is 0.273. The fourth-order valence-corrected chi connectivity index (χ4v) is 2.12. The molecule has 6 nitrogen and oxygen atoms in total. The van der Waals surface area contributed by atoms with Gasteiger partial charge in [-0.1, -0.05) is 23.2 Å². The van der Waals surface area contributed by atoms with Gasteiger partial charge in [0.25, 0.3) is 0 Å². The van der Waals surface area contributed by atoms with Gasteiger partial charge in [0.1, 0.15) is 5.75 Å². The minimum Gasteiger partial charge on any atom is -0.506 e. The molecule has 0 aliphatic carbocycles. The molecule has 0 atom stereocenters. The molecule has 0 unspecified atom stereocenters. The van der Waals surface area contributed by atoms with Crippen LogP contribution in [0.4, 0.5) is 0 Å². The highest BCUT2D eigenvalue weighted by atomic mass is 35.5. The van der Waals surface area contributed by atoms with Crippen molar-refractivity contribution >= 4 is 35.0 Å². The second-order valence-corrected chi connectivity index (χ2v) is 4.82. The number of carbonyl (C=O) groups is 2. The molecule has 0 aliphatic rings. The molecule has 0 spiro atoms. The van der Waals surface area contributed by atoms with Gasteiger partial charge in [-0.3, -0.25) is 14.5 Å². The minimum absolute atomic E-state index is 0.0675. The average molecular weight is 306 g/mol. The van der Waals surface area contributed by atoms with Gasteiger partial charge in [-0.25, -0.2) is 0 Å². The summed E-state index contributed by atoms with van der Waals surface area (Å²) in [6, 6.07) is 2.87. The molecule has 1 aromatic rings. The molecule has 1 aromatic carbocycles. The van der Waals surface area contributed by atoms with E-state index in [4.69, 9.17) is 34.7 Å². The Hall–Kier alpha value is -1.50. The predicted molar refractivity (Wildman–Crippen MR) is 71.8 cm³/mol. The molecule has 2 amide bonds. The average Bonchev–Trinajstić information content (AvgIpc) is 2.23. The molecule has 0 bridgehead atoms. The van der Waals surface area contributed by atoms with Crippen molar-refractivity contribution in [1.29, 1.82) is 0 Å². The summed E-state index contributed by atoms with van der Waals surface area (Å²) in [6.45, 7) is -0.281. The molecule has 5 N–H and O–H groups in total. The standard InChI is InChI=1S/C11H13Cl2N3O3/c12-7-1-6(11(19)8(13)2-7)3-16(4-9(14)17)5-10(15)18/h1-2,19H,3-5H2,(H2,14,17)(H2,15,18). The largest absolute Gasteiger partial charge is 0.506 e. The van der Waals surface area contributed by atoms with Crippen molar-refractivity contribution in [3.05, 3.63) is 27.7 Å². The van der Waals surface area contributed by atoms with Crippen LogP contribution in [0.5, 0.6) is 5.75 Å². The van der Waals surface area contributed by atoms with E-state index in [-0.39, 0.29) is 30.4 Å². The molecule has 0 fully saturated rings. The Morgan fingerprint density at radius 1 is 1.16 bits per heavy atom. The maximum atomic E-state index is 10.9. The van der Waals surface area contributed by atoms with Crippen molar-refractivity contribution in [2.75, 3.05) is 13.1 Å². The van der Waals surface area contributed by atoms with Gasteiger partial charge in [-0.15, -0.1) is 0 Å². The van der Waals surface area contributed by atoms with E-state index in [0.717, 1.165) is 0 Å². The third-order valence-electron chi connectivity index (χ3n) is 2.26. The molecule has 0 saturated carbocycles. The summed E-state index contributed by atoms with van der Waals surface area (Å²) in [4.78, 5) is 23.2. The number of amides is 2. The Morgan fingerprint density at radius 3 is 2.16 bits per heavy atom. The van der Waals surface area contributed by atoms with E-state index in [1.807, 2.05) is 0 Å². The van der Waals surface area contributed by atoms with Gasteiger partial charge in [0.2, 0.25) is 11.8 Å². The third-order valence-corrected chi connectivity index (χ3v) is 2.77. The zero-order valence-corrected chi connectivity index (χ0v) is 11.4. The number of hydrogen-bond donors (Lipinski definition) is 3. The number of nitrogens with two attached hydrogens (primary N) is 2. The molecule has 1 rings (SSSR count). The van der Waals surface area contributed by atoms with Crippen LogP contribution in [0, 0.1) is 0 Å². The summed E-state index contributed by atoms with van der Waals surface area (Å²) in [5.74, 6) is -1.40. The van der Waals surface area contributed by atoms with Crippen LogP contribution in [0.1, 0.15) is 5.56 Å². The van der Waals surface area contributed by atoms with Gasteiger partial charge in [0, 0.05) is 17.1 Å². The summed E-state index contributed by atoms with van der Waals surface area (Å²) >= 11 is 11.6. The topological polar surface area (TPSA) is 110 Å². The number of aromatic hydroxyl groups is 1. The van der Waals surface area contributed by atoms with E-state index in [1.165, 1.54) is 17.0 Å². The zero-order chi connectivity index (χ0) is 14.6. The van der Waals surface area contributed by atoms with Crippen LogP contribution in [-0.2, 0) is 16.1 Å². The molecular formula is C11H13Cl2N3O3. The molecule has 0 aromatic heterocycles. The van der Waals surface area contributed by atoms with Gasteiger partial charge in [-0.05, 0) is 12.1 Å². The lowest BCUT2D eigenvalue weighted by Gasteiger charge is -2.20. The highest BCUT2D eigenvalue weighted by Gasteiger charge is 2.15. The number of phenols is 1. The first-order chi connectivity index (χ1) is 8.79. The Labute approximate surface area is 119 Å². The van der Waals surface area contributed by atoms with Crippen LogP contribution in [-0.4, -0.2) is 34.9 Å². The Morgan fingerprint density at radius 2 is 1.68 bits per heavy atom. The highest BCUT2D eigenvalue weighted by molar-refractivity contribution is 6.35. The molecule has 0 heterocycles. The first kappa shape index (κ1) is 15.6. The van der Waals surface area contributed by atoms with Gasteiger partial charge in [-0.2, -0.15) is 0 Å². The molecule has 104 valence electrons. The number of rotatable bonds is 6. The van der Waals surface area contributed by atoms with Crippen LogP contribution in [0.15, 0.2) is 12.1 Å². The lowest BCUT2D eigenvalue weighted by molar-refractivity contribution is -0.122. The SMILES string of the molecule is NC(=O)CN(CC(N)=O)Cc1cc(Cl)cc(Cl)c1O. The fourth-order valence-electron chi connectivity index (χ4n) is 1.59. The molecule has 0 aliphatic heterocycles. The van der Waals surface area contributed by atoms with E-state index in [0.29, 0.717) is 10.6 Å². The van der Waals surface area contributed by atoms with Crippen LogP contribution >= 0.6 is 23.2 Å². The third kappa shape index (κ3) is 4.94. The Kier molecular flexibility index (Phi) is 5.41. The zero-order valence-electron chi connectivity index (χ0n) is 9.90. The van der Waals surface area contributed by atoms with E-state index < -0.39 is 11.8 Å².